The Balaban J connectivity index is 0.000000791. The van der Waals surface area contributed by atoms with Crippen molar-refractivity contribution in [2.45, 2.75) is 34.1 Å². The van der Waals surface area contributed by atoms with E-state index >= 15 is 0 Å². The largest absolute Gasteiger partial charge is 0.293 e. The minimum Gasteiger partial charge on any atom is -0.293 e. The number of allylic oxidation sites excluding steroid dienone is 3. The Kier molecular flexibility index (Phi) is 7.42. The minimum absolute atomic E-state index is 0.834. The van der Waals surface area contributed by atoms with Crippen molar-refractivity contribution < 1.29 is 0 Å². The van der Waals surface area contributed by atoms with Crippen LogP contribution in [0.25, 0.3) is 6.20 Å². The van der Waals surface area contributed by atoms with Crippen LogP contribution in [0.2, 0.25) is 0 Å². The van der Waals surface area contributed by atoms with Crippen molar-refractivity contribution in [3.8, 4) is 0 Å². The van der Waals surface area contributed by atoms with Crippen molar-refractivity contribution in [1.29, 1.82) is 0 Å². The van der Waals surface area contributed by atoms with Gasteiger partial charge in [0.1, 0.15) is 12.2 Å². The molecular weight excluding hydrogens is 174 g/mol. The minimum atomic E-state index is 0.834. The van der Waals surface area contributed by atoms with Gasteiger partial charge in [0.05, 0.1) is 0 Å². The Hall–Kier alpha value is -1.38. The summed E-state index contributed by atoms with van der Waals surface area (Å²) in [7, 11) is 0. The van der Waals surface area contributed by atoms with Gasteiger partial charge < -0.3 is 0 Å². The maximum atomic E-state index is 3.98. The molecule has 1 aromatic rings. The third kappa shape index (κ3) is 4.03. The third-order valence-corrected chi connectivity index (χ3v) is 1.49. The first kappa shape index (κ1) is 12.6. The molecule has 0 radical (unpaired) electrons. The number of hydrogen-bond acceptors (Lipinski definition) is 2. The molecule has 0 atom stereocenters. The van der Waals surface area contributed by atoms with Gasteiger partial charge in [0, 0.05) is 12.6 Å². The molecule has 0 aliphatic rings. The van der Waals surface area contributed by atoms with Gasteiger partial charge in [0.25, 0.3) is 0 Å². The van der Waals surface area contributed by atoms with E-state index in [1.807, 2.05) is 50.6 Å². The highest BCUT2D eigenvalue weighted by molar-refractivity contribution is 5.22. The molecule has 0 bridgehead atoms. The predicted octanol–water partition coefficient (Wildman–Crippen LogP) is 2.91. The van der Waals surface area contributed by atoms with Crippen molar-refractivity contribution in [2.24, 2.45) is 0 Å². The van der Waals surface area contributed by atoms with Gasteiger partial charge in [-0.2, -0.15) is 0 Å². The van der Waals surface area contributed by atoms with E-state index in [-0.39, 0.29) is 0 Å². The van der Waals surface area contributed by atoms with Crippen molar-refractivity contribution in [3.05, 3.63) is 30.4 Å². The van der Waals surface area contributed by atoms with Crippen LogP contribution in [0.4, 0.5) is 0 Å². The van der Waals surface area contributed by atoms with E-state index in [1.54, 1.807) is 6.33 Å². The average molecular weight is 193 g/mol. The van der Waals surface area contributed by atoms with Crippen LogP contribution in [0.1, 0.15) is 33.5 Å². The lowest BCUT2D eigenvalue weighted by Gasteiger charge is -1.95. The highest BCUT2D eigenvalue weighted by atomic mass is 15.2. The molecule has 0 N–H and O–H groups in total. The van der Waals surface area contributed by atoms with E-state index in [9.17, 15) is 0 Å². The van der Waals surface area contributed by atoms with Crippen molar-refractivity contribution in [3.63, 3.8) is 0 Å². The smallest absolute Gasteiger partial charge is 0.140 e. The van der Waals surface area contributed by atoms with E-state index in [0.717, 1.165) is 12.2 Å². The van der Waals surface area contributed by atoms with Crippen LogP contribution < -0.4 is 0 Å². The van der Waals surface area contributed by atoms with Gasteiger partial charge in [-0.3, -0.25) is 4.57 Å². The summed E-state index contributed by atoms with van der Waals surface area (Å²) < 4.78 is 1.92. The SMILES string of the molecule is CC.CC=CCc1nncn1/C=C\C. The standard InChI is InChI=1S/C9H13N3.C2H6/c1-3-5-6-9-11-10-8-12(9)7-4-2;1-2/h3-5,7-8H,6H2,1-2H3;1-2H3/b5-3?,7-4-;. The fourth-order valence-electron chi connectivity index (χ4n) is 0.921. The zero-order valence-corrected chi connectivity index (χ0v) is 9.44. The van der Waals surface area contributed by atoms with Crippen LogP contribution in [-0.2, 0) is 6.42 Å². The Labute approximate surface area is 86.2 Å². The molecule has 1 heterocycles. The van der Waals surface area contributed by atoms with Gasteiger partial charge in [-0.25, -0.2) is 0 Å². The zero-order chi connectivity index (χ0) is 10.8. The second-order valence-corrected chi connectivity index (χ2v) is 2.41. The van der Waals surface area contributed by atoms with Crippen molar-refractivity contribution in [2.75, 3.05) is 0 Å². The zero-order valence-electron chi connectivity index (χ0n) is 9.44. The van der Waals surface area contributed by atoms with Crippen LogP contribution in [-0.4, -0.2) is 14.8 Å². The second-order valence-electron chi connectivity index (χ2n) is 2.41. The predicted molar refractivity (Wildman–Crippen MR) is 60.9 cm³/mol. The highest BCUT2D eigenvalue weighted by Crippen LogP contribution is 1.97. The lowest BCUT2D eigenvalue weighted by atomic mass is 10.3. The number of aromatic nitrogens is 3. The van der Waals surface area contributed by atoms with Crippen molar-refractivity contribution >= 4 is 6.20 Å². The molecule has 3 heteroatoms. The first-order valence-corrected chi connectivity index (χ1v) is 5.00. The molecule has 1 rings (SSSR count). The number of rotatable bonds is 3. The summed E-state index contributed by atoms with van der Waals surface area (Å²) in [5.74, 6) is 0.964. The number of hydrogen-bond donors (Lipinski definition) is 0. The van der Waals surface area contributed by atoms with E-state index in [1.165, 1.54) is 0 Å². The van der Waals surface area contributed by atoms with Crippen molar-refractivity contribution in [1.82, 2.24) is 14.8 Å². The molecular formula is C11H19N3. The third-order valence-electron chi connectivity index (χ3n) is 1.49. The summed E-state index contributed by atoms with van der Waals surface area (Å²) in [6.45, 7) is 7.97. The van der Waals surface area contributed by atoms with Crippen LogP contribution >= 0.6 is 0 Å². The summed E-state index contributed by atoms with van der Waals surface area (Å²) in [6.07, 6.45) is 10.5. The maximum Gasteiger partial charge on any atom is 0.140 e. The van der Waals surface area contributed by atoms with E-state index in [0.29, 0.717) is 0 Å². The van der Waals surface area contributed by atoms with Crippen LogP contribution in [0.5, 0.6) is 0 Å². The van der Waals surface area contributed by atoms with Gasteiger partial charge >= 0.3 is 0 Å². The van der Waals surface area contributed by atoms with Crippen LogP contribution in [0.15, 0.2) is 24.6 Å². The van der Waals surface area contributed by atoms with Gasteiger partial charge in [0.2, 0.25) is 0 Å². The average Bonchev–Trinajstić information content (AvgIpc) is 2.66. The molecule has 0 unspecified atom stereocenters. The fourth-order valence-corrected chi connectivity index (χ4v) is 0.921. The summed E-state index contributed by atoms with van der Waals surface area (Å²) in [5.41, 5.74) is 0. The molecule has 78 valence electrons. The molecule has 0 amide bonds. The van der Waals surface area contributed by atoms with E-state index < -0.39 is 0 Å². The van der Waals surface area contributed by atoms with Gasteiger partial charge in [0.15, 0.2) is 0 Å². The van der Waals surface area contributed by atoms with Gasteiger partial charge in [-0.15, -0.1) is 10.2 Å². The van der Waals surface area contributed by atoms with E-state index in [2.05, 4.69) is 16.3 Å². The Morgan fingerprint density at radius 1 is 1.29 bits per heavy atom. The van der Waals surface area contributed by atoms with Crippen LogP contribution in [0, 0.1) is 0 Å². The highest BCUT2D eigenvalue weighted by Gasteiger charge is 1.96. The molecule has 0 aliphatic heterocycles. The molecule has 1 aromatic heterocycles. The molecule has 0 aliphatic carbocycles. The second kappa shape index (κ2) is 8.23. The molecule has 0 fully saturated rings. The summed E-state index contributed by atoms with van der Waals surface area (Å²) >= 11 is 0. The summed E-state index contributed by atoms with van der Waals surface area (Å²) in [4.78, 5) is 0. The van der Waals surface area contributed by atoms with Gasteiger partial charge in [-0.1, -0.05) is 32.1 Å². The molecule has 0 saturated carbocycles. The molecule has 3 nitrogen and oxygen atoms in total. The Bertz CT molecular complexity index is 284. The van der Waals surface area contributed by atoms with Gasteiger partial charge in [-0.05, 0) is 13.8 Å². The normalized spacial score (nSPS) is 10.6. The maximum absolute atomic E-state index is 3.98. The molecule has 0 aromatic carbocycles. The number of nitrogens with zero attached hydrogens (tertiary/aromatic N) is 3. The Morgan fingerprint density at radius 2 is 2.00 bits per heavy atom. The quantitative estimate of drug-likeness (QED) is 0.691. The van der Waals surface area contributed by atoms with E-state index in [4.69, 9.17) is 0 Å². The fraction of sp³-hybridized carbons (Fsp3) is 0.455. The Morgan fingerprint density at radius 3 is 2.57 bits per heavy atom. The lowest BCUT2D eigenvalue weighted by Crippen LogP contribution is -1.93. The summed E-state index contributed by atoms with van der Waals surface area (Å²) in [6, 6.07) is 0. The first-order valence-electron chi connectivity index (χ1n) is 5.00. The molecule has 14 heavy (non-hydrogen) atoms. The topological polar surface area (TPSA) is 30.7 Å². The molecule has 0 spiro atoms. The monoisotopic (exact) mass is 193 g/mol. The summed E-state index contributed by atoms with van der Waals surface area (Å²) in [5, 5.41) is 7.80. The van der Waals surface area contributed by atoms with Crippen LogP contribution in [0.3, 0.4) is 0 Å². The lowest BCUT2D eigenvalue weighted by molar-refractivity contribution is 0.949. The first-order chi connectivity index (χ1) is 6.88. The molecule has 0 saturated heterocycles.